The molecule has 3 rings (SSSR count). The Morgan fingerprint density at radius 3 is 2.67 bits per heavy atom. The summed E-state index contributed by atoms with van der Waals surface area (Å²) in [4.78, 5) is 11.2. The van der Waals surface area contributed by atoms with E-state index in [2.05, 4.69) is 39.6 Å². The fraction of sp³-hybridized carbons (Fsp3) is 0.500. The molecule has 7 heteroatoms. The van der Waals surface area contributed by atoms with Gasteiger partial charge >= 0.3 is 0 Å². The van der Waals surface area contributed by atoms with Crippen LogP contribution >= 0.6 is 0 Å². The van der Waals surface area contributed by atoms with Crippen molar-refractivity contribution in [3.8, 4) is 0 Å². The molecule has 0 spiro atoms. The molecule has 6 nitrogen and oxygen atoms in total. The summed E-state index contributed by atoms with van der Waals surface area (Å²) in [6.07, 6.45) is 2.68. The number of rotatable bonds is 8. The van der Waals surface area contributed by atoms with Crippen molar-refractivity contribution in [1.82, 2.24) is 9.97 Å². The van der Waals surface area contributed by atoms with Crippen LogP contribution < -0.4 is 10.2 Å². The van der Waals surface area contributed by atoms with Crippen LogP contribution in [0.3, 0.4) is 0 Å². The van der Waals surface area contributed by atoms with Crippen molar-refractivity contribution in [2.75, 3.05) is 34.8 Å². The second-order valence-electron chi connectivity index (χ2n) is 7.05. The molecule has 0 bridgehead atoms. The Morgan fingerprint density at radius 2 is 2.00 bits per heavy atom. The van der Waals surface area contributed by atoms with E-state index < -0.39 is 9.84 Å². The average Bonchev–Trinajstić information content (AvgIpc) is 2.99. The molecular weight excluding hydrogens is 360 g/mol. The normalized spacial score (nSPS) is 18.4. The second kappa shape index (κ2) is 8.69. The summed E-state index contributed by atoms with van der Waals surface area (Å²) < 4.78 is 23.7. The van der Waals surface area contributed by atoms with E-state index in [1.54, 1.807) is 0 Å². The minimum Gasteiger partial charge on any atom is -0.370 e. The van der Waals surface area contributed by atoms with Crippen molar-refractivity contribution in [3.63, 3.8) is 0 Å². The zero-order chi connectivity index (χ0) is 19.3. The predicted molar refractivity (Wildman–Crippen MR) is 110 cm³/mol. The number of benzene rings is 1. The second-order valence-corrected chi connectivity index (χ2v) is 9.28. The molecule has 1 fully saturated rings. The highest BCUT2D eigenvalue weighted by atomic mass is 32.2. The number of hydrogen-bond donors (Lipinski definition) is 1. The van der Waals surface area contributed by atoms with Crippen LogP contribution in [-0.2, 0) is 16.3 Å². The molecule has 27 heavy (non-hydrogen) atoms. The van der Waals surface area contributed by atoms with E-state index in [1.807, 2.05) is 30.9 Å². The molecule has 1 N–H and O–H groups in total. The highest BCUT2D eigenvalue weighted by molar-refractivity contribution is 7.91. The van der Waals surface area contributed by atoms with E-state index >= 15 is 0 Å². The maximum absolute atomic E-state index is 11.8. The molecule has 0 aliphatic carbocycles. The lowest BCUT2D eigenvalue weighted by Gasteiger charge is -2.27. The molecule has 1 saturated heterocycles. The number of anilines is 2. The van der Waals surface area contributed by atoms with Gasteiger partial charge in [-0.2, -0.15) is 4.98 Å². The molecule has 0 radical (unpaired) electrons. The van der Waals surface area contributed by atoms with Crippen molar-refractivity contribution in [2.24, 2.45) is 0 Å². The van der Waals surface area contributed by atoms with E-state index in [0.717, 1.165) is 30.9 Å². The van der Waals surface area contributed by atoms with Gasteiger partial charge in [0.15, 0.2) is 9.84 Å². The van der Waals surface area contributed by atoms with Crippen LogP contribution in [0.5, 0.6) is 0 Å². The number of sulfone groups is 1. The molecule has 2 heterocycles. The van der Waals surface area contributed by atoms with Crippen molar-refractivity contribution in [3.05, 3.63) is 47.7 Å². The van der Waals surface area contributed by atoms with Gasteiger partial charge in [-0.3, -0.25) is 0 Å². The summed E-state index contributed by atoms with van der Waals surface area (Å²) in [5.74, 6) is 1.86. The number of aryl methyl sites for hydroxylation is 2. The molecule has 2 aromatic rings. The van der Waals surface area contributed by atoms with Gasteiger partial charge in [0, 0.05) is 30.9 Å². The van der Waals surface area contributed by atoms with Gasteiger partial charge < -0.3 is 10.2 Å². The van der Waals surface area contributed by atoms with Crippen LogP contribution in [0.1, 0.15) is 31.0 Å². The lowest BCUT2D eigenvalue weighted by atomic mass is 10.1. The molecule has 1 unspecified atom stereocenters. The summed E-state index contributed by atoms with van der Waals surface area (Å²) in [5.41, 5.74) is 2.21. The van der Waals surface area contributed by atoms with Crippen LogP contribution in [0.2, 0.25) is 0 Å². The third-order valence-electron chi connectivity index (χ3n) is 4.88. The van der Waals surface area contributed by atoms with Crippen LogP contribution in [0.25, 0.3) is 0 Å². The summed E-state index contributed by atoms with van der Waals surface area (Å²) in [5, 5.41) is 3.39. The molecule has 146 valence electrons. The number of nitrogens with zero attached hydrogens (tertiary/aromatic N) is 3. The van der Waals surface area contributed by atoms with E-state index in [9.17, 15) is 8.42 Å². The first kappa shape index (κ1) is 19.6. The Hall–Kier alpha value is -2.15. The lowest BCUT2D eigenvalue weighted by molar-refractivity contribution is 0.599. The first-order valence-corrected chi connectivity index (χ1v) is 11.4. The first-order valence-electron chi connectivity index (χ1n) is 9.57. The Bertz CT molecular complexity index is 856. The molecule has 1 aromatic heterocycles. The molecule has 1 aliphatic rings. The number of aromatic nitrogens is 2. The maximum Gasteiger partial charge on any atom is 0.227 e. The standard InChI is InChI=1S/C20H28N4O2S/c1-3-24(18-11-13-27(25,26)15-18)20-22-16(2)14-19(23-20)21-12-7-10-17-8-5-4-6-9-17/h4-6,8-9,14,18H,3,7,10-13,15H2,1-2H3,(H,21,22,23). The number of hydrogen-bond acceptors (Lipinski definition) is 6. The smallest absolute Gasteiger partial charge is 0.227 e. The van der Waals surface area contributed by atoms with Gasteiger partial charge in [0.2, 0.25) is 5.95 Å². The Morgan fingerprint density at radius 1 is 1.22 bits per heavy atom. The van der Waals surface area contributed by atoms with Gasteiger partial charge in [-0.25, -0.2) is 13.4 Å². The summed E-state index contributed by atoms with van der Waals surface area (Å²) in [6, 6.07) is 12.3. The number of nitrogens with one attached hydrogen (secondary N) is 1. The molecule has 1 aromatic carbocycles. The van der Waals surface area contributed by atoms with Crippen LogP contribution in [0.4, 0.5) is 11.8 Å². The lowest BCUT2D eigenvalue weighted by Crippen LogP contribution is -2.37. The Kier molecular flexibility index (Phi) is 6.31. The van der Waals surface area contributed by atoms with Gasteiger partial charge in [0.05, 0.1) is 11.5 Å². The fourth-order valence-corrected chi connectivity index (χ4v) is 5.24. The summed E-state index contributed by atoms with van der Waals surface area (Å²) in [6.45, 7) is 5.48. The monoisotopic (exact) mass is 388 g/mol. The minimum atomic E-state index is -2.94. The minimum absolute atomic E-state index is 0.0345. The zero-order valence-electron chi connectivity index (χ0n) is 16.1. The molecular formula is C20H28N4O2S. The van der Waals surface area contributed by atoms with Crippen LogP contribution in [0, 0.1) is 6.92 Å². The largest absolute Gasteiger partial charge is 0.370 e. The van der Waals surface area contributed by atoms with Crippen molar-refractivity contribution in [1.29, 1.82) is 0 Å². The third-order valence-corrected chi connectivity index (χ3v) is 6.63. The van der Waals surface area contributed by atoms with E-state index in [-0.39, 0.29) is 17.5 Å². The topological polar surface area (TPSA) is 75.2 Å². The molecule has 1 aliphatic heterocycles. The van der Waals surface area contributed by atoms with Gasteiger partial charge in [0.1, 0.15) is 5.82 Å². The molecule has 0 amide bonds. The van der Waals surface area contributed by atoms with Crippen molar-refractivity contribution < 1.29 is 8.42 Å². The maximum atomic E-state index is 11.8. The van der Waals surface area contributed by atoms with Gasteiger partial charge in [-0.05, 0) is 38.7 Å². The molecule has 0 saturated carbocycles. The van der Waals surface area contributed by atoms with Crippen LogP contribution in [0.15, 0.2) is 36.4 Å². The SMILES string of the molecule is CCN(c1nc(C)cc(NCCCc2ccccc2)n1)C1CCS(=O)(=O)C1. The Balaban J connectivity index is 1.63. The van der Waals surface area contributed by atoms with Gasteiger partial charge in [0.25, 0.3) is 0 Å². The van der Waals surface area contributed by atoms with E-state index in [1.165, 1.54) is 5.56 Å². The zero-order valence-corrected chi connectivity index (χ0v) is 16.9. The summed E-state index contributed by atoms with van der Waals surface area (Å²) >= 11 is 0. The fourth-order valence-electron chi connectivity index (χ4n) is 3.51. The van der Waals surface area contributed by atoms with Crippen molar-refractivity contribution >= 4 is 21.6 Å². The summed E-state index contributed by atoms with van der Waals surface area (Å²) in [7, 11) is -2.94. The average molecular weight is 389 g/mol. The predicted octanol–water partition coefficient (Wildman–Crippen LogP) is 2.84. The van der Waals surface area contributed by atoms with Crippen LogP contribution in [-0.4, -0.2) is 49.0 Å². The van der Waals surface area contributed by atoms with E-state index in [0.29, 0.717) is 18.9 Å². The quantitative estimate of drug-likeness (QED) is 0.701. The van der Waals surface area contributed by atoms with Crippen molar-refractivity contribution in [2.45, 2.75) is 39.2 Å². The van der Waals surface area contributed by atoms with E-state index in [4.69, 9.17) is 0 Å². The highest BCUT2D eigenvalue weighted by Gasteiger charge is 2.33. The first-order chi connectivity index (χ1) is 13.0. The van der Waals surface area contributed by atoms with Gasteiger partial charge in [-0.15, -0.1) is 0 Å². The van der Waals surface area contributed by atoms with Gasteiger partial charge in [-0.1, -0.05) is 30.3 Å². The highest BCUT2D eigenvalue weighted by Crippen LogP contribution is 2.23. The molecule has 1 atom stereocenters. The Labute approximate surface area is 162 Å². The third kappa shape index (κ3) is 5.42.